The lowest BCUT2D eigenvalue weighted by molar-refractivity contribution is -0.0463. The minimum Gasteiger partial charge on any atom is -0.444 e. The fourth-order valence-electron chi connectivity index (χ4n) is 2.99. The topological polar surface area (TPSA) is 49.8 Å². The van der Waals surface area contributed by atoms with Crippen molar-refractivity contribution in [2.24, 2.45) is 17.8 Å². The molecule has 4 nitrogen and oxygen atoms in total. The van der Waals surface area contributed by atoms with Crippen molar-refractivity contribution in [1.29, 1.82) is 0 Å². The van der Waals surface area contributed by atoms with Crippen molar-refractivity contribution in [3.63, 3.8) is 0 Å². The zero-order valence-corrected chi connectivity index (χ0v) is 11.0. The van der Waals surface area contributed by atoms with Gasteiger partial charge in [0, 0.05) is 19.7 Å². The summed E-state index contributed by atoms with van der Waals surface area (Å²) < 4.78 is 5.38. The molecule has 0 aromatic carbocycles. The SMILES string of the molecule is CC(C)(C)OC(=O)N1CCC2C(CO)CC2C1. The molecule has 3 atom stereocenters. The summed E-state index contributed by atoms with van der Waals surface area (Å²) in [4.78, 5) is 13.7. The Labute approximate surface area is 103 Å². The average molecular weight is 241 g/mol. The molecule has 0 aromatic rings. The normalized spacial score (nSPS) is 32.7. The molecule has 1 amide bonds. The summed E-state index contributed by atoms with van der Waals surface area (Å²) in [5, 5.41) is 9.15. The van der Waals surface area contributed by atoms with Gasteiger partial charge in [0.2, 0.25) is 0 Å². The molecule has 1 N–H and O–H groups in total. The van der Waals surface area contributed by atoms with Crippen molar-refractivity contribution in [2.75, 3.05) is 19.7 Å². The summed E-state index contributed by atoms with van der Waals surface area (Å²) in [6.45, 7) is 7.55. The Morgan fingerprint density at radius 3 is 2.71 bits per heavy atom. The van der Waals surface area contributed by atoms with Crippen LogP contribution in [0.4, 0.5) is 4.79 Å². The van der Waals surface area contributed by atoms with Gasteiger partial charge >= 0.3 is 6.09 Å². The predicted molar refractivity (Wildman–Crippen MR) is 64.6 cm³/mol. The highest BCUT2D eigenvalue weighted by molar-refractivity contribution is 5.68. The third kappa shape index (κ3) is 2.73. The maximum absolute atomic E-state index is 11.9. The maximum atomic E-state index is 11.9. The highest BCUT2D eigenvalue weighted by Crippen LogP contribution is 2.45. The van der Waals surface area contributed by atoms with Crippen LogP contribution in [0.1, 0.15) is 33.6 Å². The van der Waals surface area contributed by atoms with Crippen molar-refractivity contribution in [3.05, 3.63) is 0 Å². The second-order valence-electron chi connectivity index (χ2n) is 6.32. The van der Waals surface area contributed by atoms with E-state index in [1.807, 2.05) is 25.7 Å². The zero-order valence-electron chi connectivity index (χ0n) is 11.0. The van der Waals surface area contributed by atoms with Crippen molar-refractivity contribution in [3.8, 4) is 0 Å². The monoisotopic (exact) mass is 241 g/mol. The Kier molecular flexibility index (Phi) is 3.34. The van der Waals surface area contributed by atoms with Crippen LogP contribution >= 0.6 is 0 Å². The number of aliphatic hydroxyl groups is 1. The van der Waals surface area contributed by atoms with Crippen LogP contribution < -0.4 is 0 Å². The average Bonchev–Trinajstić information content (AvgIpc) is 2.17. The van der Waals surface area contributed by atoms with Gasteiger partial charge in [-0.1, -0.05) is 0 Å². The smallest absolute Gasteiger partial charge is 0.410 e. The first-order valence-corrected chi connectivity index (χ1v) is 6.49. The molecule has 1 saturated carbocycles. The van der Waals surface area contributed by atoms with E-state index in [0.29, 0.717) is 24.4 Å². The number of carbonyl (C=O) groups excluding carboxylic acids is 1. The molecule has 2 aliphatic rings. The summed E-state index contributed by atoms with van der Waals surface area (Å²) in [6.07, 6.45) is 1.87. The second kappa shape index (κ2) is 4.48. The molecule has 3 unspecified atom stereocenters. The molecule has 98 valence electrons. The Morgan fingerprint density at radius 2 is 2.18 bits per heavy atom. The molecule has 4 heteroatoms. The number of likely N-dealkylation sites (tertiary alicyclic amines) is 1. The van der Waals surface area contributed by atoms with E-state index < -0.39 is 5.60 Å². The van der Waals surface area contributed by atoms with Crippen LogP contribution in [0.15, 0.2) is 0 Å². The Morgan fingerprint density at radius 1 is 1.47 bits per heavy atom. The number of rotatable bonds is 1. The van der Waals surface area contributed by atoms with Crippen molar-refractivity contribution < 1.29 is 14.6 Å². The van der Waals surface area contributed by atoms with Crippen molar-refractivity contribution in [1.82, 2.24) is 4.90 Å². The van der Waals surface area contributed by atoms with E-state index in [1.54, 1.807) is 0 Å². The van der Waals surface area contributed by atoms with Crippen LogP contribution in [0.25, 0.3) is 0 Å². The van der Waals surface area contributed by atoms with E-state index in [2.05, 4.69) is 0 Å². The molecule has 2 fully saturated rings. The number of nitrogens with zero attached hydrogens (tertiary/aromatic N) is 1. The number of aliphatic hydroxyl groups excluding tert-OH is 1. The predicted octanol–water partition coefficient (Wildman–Crippen LogP) is 1.87. The molecule has 1 aliphatic heterocycles. The summed E-state index contributed by atoms with van der Waals surface area (Å²) in [7, 11) is 0. The summed E-state index contributed by atoms with van der Waals surface area (Å²) in [5.74, 6) is 1.67. The molecule has 1 saturated heterocycles. The second-order valence-corrected chi connectivity index (χ2v) is 6.32. The van der Waals surface area contributed by atoms with Gasteiger partial charge in [0.25, 0.3) is 0 Å². The molecule has 0 aromatic heterocycles. The highest BCUT2D eigenvalue weighted by Gasteiger charge is 2.44. The van der Waals surface area contributed by atoms with E-state index in [4.69, 9.17) is 9.84 Å². The molecule has 0 spiro atoms. The first-order chi connectivity index (χ1) is 7.90. The lowest BCUT2D eigenvalue weighted by Crippen LogP contribution is -2.53. The molecule has 17 heavy (non-hydrogen) atoms. The molecule has 0 bridgehead atoms. The number of carbonyl (C=O) groups is 1. The van der Waals surface area contributed by atoms with Gasteiger partial charge in [-0.25, -0.2) is 4.79 Å². The number of fused-ring (bicyclic) bond motifs is 1. The van der Waals surface area contributed by atoms with Gasteiger partial charge in [0.05, 0.1) is 0 Å². The van der Waals surface area contributed by atoms with Gasteiger partial charge in [-0.2, -0.15) is 0 Å². The third-order valence-corrected chi connectivity index (χ3v) is 3.89. The molecule has 0 radical (unpaired) electrons. The van der Waals surface area contributed by atoms with Crippen molar-refractivity contribution >= 4 is 6.09 Å². The third-order valence-electron chi connectivity index (χ3n) is 3.89. The molecule has 1 heterocycles. The van der Waals surface area contributed by atoms with Gasteiger partial charge in [0.15, 0.2) is 0 Å². The van der Waals surface area contributed by atoms with Crippen LogP contribution in [0.3, 0.4) is 0 Å². The number of hydrogen-bond acceptors (Lipinski definition) is 3. The van der Waals surface area contributed by atoms with E-state index >= 15 is 0 Å². The number of hydrogen-bond donors (Lipinski definition) is 1. The van der Waals surface area contributed by atoms with Crippen LogP contribution in [0, 0.1) is 17.8 Å². The fraction of sp³-hybridized carbons (Fsp3) is 0.923. The maximum Gasteiger partial charge on any atom is 0.410 e. The molecular weight excluding hydrogens is 218 g/mol. The van der Waals surface area contributed by atoms with E-state index in [-0.39, 0.29) is 6.09 Å². The number of ether oxygens (including phenoxy) is 1. The van der Waals surface area contributed by atoms with Crippen LogP contribution in [0.2, 0.25) is 0 Å². The Bertz CT molecular complexity index is 298. The Hall–Kier alpha value is -0.770. The van der Waals surface area contributed by atoms with E-state index in [0.717, 1.165) is 25.9 Å². The summed E-state index contributed by atoms with van der Waals surface area (Å²) in [6, 6.07) is 0. The molecule has 1 aliphatic carbocycles. The highest BCUT2D eigenvalue weighted by atomic mass is 16.6. The molecule has 2 rings (SSSR count). The van der Waals surface area contributed by atoms with Gasteiger partial charge in [0.1, 0.15) is 5.60 Å². The lowest BCUT2D eigenvalue weighted by atomic mass is 9.62. The zero-order chi connectivity index (χ0) is 12.6. The van der Waals surface area contributed by atoms with Gasteiger partial charge < -0.3 is 14.7 Å². The Balaban J connectivity index is 1.84. The largest absolute Gasteiger partial charge is 0.444 e. The fourth-order valence-corrected chi connectivity index (χ4v) is 2.99. The minimum absolute atomic E-state index is 0.191. The minimum atomic E-state index is -0.415. The van der Waals surface area contributed by atoms with Gasteiger partial charge in [-0.3, -0.25) is 0 Å². The first-order valence-electron chi connectivity index (χ1n) is 6.49. The van der Waals surface area contributed by atoms with Crippen LogP contribution in [-0.4, -0.2) is 41.4 Å². The first kappa shape index (κ1) is 12.7. The number of amides is 1. The quantitative estimate of drug-likeness (QED) is 0.762. The van der Waals surface area contributed by atoms with E-state index in [9.17, 15) is 4.79 Å². The number of piperidine rings is 1. The van der Waals surface area contributed by atoms with Crippen LogP contribution in [0.5, 0.6) is 0 Å². The van der Waals surface area contributed by atoms with Crippen LogP contribution in [-0.2, 0) is 4.74 Å². The van der Waals surface area contributed by atoms with Gasteiger partial charge in [-0.05, 0) is 51.4 Å². The standard InChI is InChI=1S/C13H23NO3/c1-13(2,3)17-12(16)14-5-4-11-9(7-14)6-10(11)8-15/h9-11,15H,4-8H2,1-3H3. The summed E-state index contributed by atoms with van der Waals surface area (Å²) in [5.41, 5.74) is -0.415. The molecular formula is C13H23NO3. The summed E-state index contributed by atoms with van der Waals surface area (Å²) >= 11 is 0. The lowest BCUT2D eigenvalue weighted by Gasteiger charge is -2.50. The van der Waals surface area contributed by atoms with E-state index in [1.165, 1.54) is 0 Å². The van der Waals surface area contributed by atoms with Crippen molar-refractivity contribution in [2.45, 2.75) is 39.2 Å². The van der Waals surface area contributed by atoms with Gasteiger partial charge in [-0.15, -0.1) is 0 Å².